The first-order valence-electron chi connectivity index (χ1n) is 4.20. The summed E-state index contributed by atoms with van der Waals surface area (Å²) < 4.78 is -0.416. The average Bonchev–Trinajstić information content (AvgIpc) is 2.18. The monoisotopic (exact) mass is 242 g/mol. The van der Waals surface area contributed by atoms with E-state index in [2.05, 4.69) is 18.2 Å². The lowest BCUT2D eigenvalue weighted by Crippen LogP contribution is -1.80. The number of rotatable bonds is 2. The Labute approximate surface area is 97.2 Å². The molecule has 0 aliphatic heterocycles. The quantitative estimate of drug-likeness (QED) is 0.544. The Morgan fingerprint density at radius 1 is 0.929 bits per heavy atom. The third-order valence-electron chi connectivity index (χ3n) is 1.97. The number of hydrogen-bond acceptors (Lipinski definition) is 1. The maximum absolute atomic E-state index is 5.74. The molecule has 0 amide bonds. The van der Waals surface area contributed by atoms with Gasteiger partial charge in [-0.25, -0.2) is 0 Å². The predicted octanol–water partition coefficient (Wildman–Crippen LogP) is 4.69. The van der Waals surface area contributed by atoms with E-state index in [9.17, 15) is 0 Å². The zero-order valence-corrected chi connectivity index (χ0v) is 9.61. The molecule has 0 spiro atoms. The summed E-state index contributed by atoms with van der Waals surface area (Å²) in [6.07, 6.45) is 0. The molecule has 3 heteroatoms. The maximum Gasteiger partial charge on any atom is 0.157 e. The highest BCUT2D eigenvalue weighted by Crippen LogP contribution is 2.33. The molecule has 0 aliphatic carbocycles. The fraction of sp³-hybridized carbons (Fsp3) is 0.0909. The molecule has 0 aliphatic rings. The zero-order valence-electron chi connectivity index (χ0n) is 7.28. The Morgan fingerprint density at radius 3 is 2.43 bits per heavy atom. The van der Waals surface area contributed by atoms with E-state index in [0.717, 1.165) is 4.90 Å². The Hall–Kier alpha value is -0.370. The topological polar surface area (TPSA) is 0 Å². The molecular formula is C11H8Cl2S. The van der Waals surface area contributed by atoms with E-state index in [1.54, 1.807) is 0 Å². The van der Waals surface area contributed by atoms with Crippen LogP contribution >= 0.6 is 35.0 Å². The summed E-state index contributed by atoms with van der Waals surface area (Å²) in [5, 5.41) is 2.41. The number of hydrogen-bond donors (Lipinski definition) is 0. The van der Waals surface area contributed by atoms with Crippen LogP contribution in [0.25, 0.3) is 10.8 Å². The van der Waals surface area contributed by atoms with Gasteiger partial charge in [0.1, 0.15) is 0 Å². The SMILES string of the molecule is ClC(Cl)Sc1cccc2ccccc12. The van der Waals surface area contributed by atoms with E-state index >= 15 is 0 Å². The van der Waals surface area contributed by atoms with E-state index in [0.29, 0.717) is 0 Å². The zero-order chi connectivity index (χ0) is 9.97. The minimum absolute atomic E-state index is 0.416. The number of alkyl halides is 2. The van der Waals surface area contributed by atoms with Gasteiger partial charge < -0.3 is 0 Å². The second-order valence-corrected chi connectivity index (χ2v) is 5.62. The highest BCUT2D eigenvalue weighted by molar-refractivity contribution is 8.02. The van der Waals surface area contributed by atoms with Crippen LogP contribution < -0.4 is 0 Å². The molecule has 2 aromatic carbocycles. The molecule has 2 rings (SSSR count). The van der Waals surface area contributed by atoms with Gasteiger partial charge >= 0.3 is 0 Å². The fourth-order valence-electron chi connectivity index (χ4n) is 1.39. The van der Waals surface area contributed by atoms with Gasteiger partial charge in [0.15, 0.2) is 4.17 Å². The molecule has 0 nitrogen and oxygen atoms in total. The lowest BCUT2D eigenvalue weighted by molar-refractivity contribution is 1.54. The number of thioether (sulfide) groups is 1. The molecule has 72 valence electrons. The lowest BCUT2D eigenvalue weighted by atomic mass is 10.1. The van der Waals surface area contributed by atoms with Crippen LogP contribution in [0.5, 0.6) is 0 Å². The van der Waals surface area contributed by atoms with Crippen molar-refractivity contribution in [2.75, 3.05) is 0 Å². The number of halogens is 2. The van der Waals surface area contributed by atoms with Crippen LogP contribution in [0.3, 0.4) is 0 Å². The summed E-state index contributed by atoms with van der Waals surface area (Å²) in [5.41, 5.74) is 0. The van der Waals surface area contributed by atoms with Crippen LogP contribution in [0.15, 0.2) is 47.4 Å². The highest BCUT2D eigenvalue weighted by atomic mass is 35.5. The summed E-state index contributed by atoms with van der Waals surface area (Å²) in [7, 11) is 0. The molecule has 0 heterocycles. The molecule has 0 unspecified atom stereocenters. The maximum atomic E-state index is 5.74. The van der Waals surface area contributed by atoms with Crippen LogP contribution in [0.4, 0.5) is 0 Å². The van der Waals surface area contributed by atoms with Crippen LogP contribution in [0.2, 0.25) is 0 Å². The largest absolute Gasteiger partial charge is 0.157 e. The Morgan fingerprint density at radius 2 is 1.64 bits per heavy atom. The van der Waals surface area contributed by atoms with Gasteiger partial charge in [-0.3, -0.25) is 0 Å². The highest BCUT2D eigenvalue weighted by Gasteiger charge is 2.05. The second kappa shape index (κ2) is 4.43. The van der Waals surface area contributed by atoms with Crippen molar-refractivity contribution in [3.05, 3.63) is 42.5 Å². The summed E-state index contributed by atoms with van der Waals surface area (Å²) in [4.78, 5) is 1.12. The standard InChI is InChI=1S/C11H8Cl2S/c12-11(13)14-10-7-3-5-8-4-1-2-6-9(8)10/h1-7,11H. The van der Waals surface area contributed by atoms with E-state index in [-0.39, 0.29) is 0 Å². The van der Waals surface area contributed by atoms with E-state index in [4.69, 9.17) is 23.2 Å². The van der Waals surface area contributed by atoms with Gasteiger partial charge in [-0.2, -0.15) is 0 Å². The predicted molar refractivity (Wildman–Crippen MR) is 65.3 cm³/mol. The van der Waals surface area contributed by atoms with Crippen LogP contribution in [-0.2, 0) is 0 Å². The van der Waals surface area contributed by atoms with Gasteiger partial charge in [0.2, 0.25) is 0 Å². The lowest BCUT2D eigenvalue weighted by Gasteiger charge is -2.05. The van der Waals surface area contributed by atoms with Crippen molar-refractivity contribution in [3.63, 3.8) is 0 Å². The van der Waals surface area contributed by atoms with Gasteiger partial charge in [-0.05, 0) is 16.8 Å². The molecular weight excluding hydrogens is 235 g/mol. The van der Waals surface area contributed by atoms with Gasteiger partial charge in [0.05, 0.1) is 0 Å². The fourth-order valence-corrected chi connectivity index (χ4v) is 2.63. The van der Waals surface area contributed by atoms with Crippen molar-refractivity contribution in [3.8, 4) is 0 Å². The molecule has 0 saturated carbocycles. The number of benzene rings is 2. The minimum Gasteiger partial charge on any atom is -0.0928 e. The van der Waals surface area contributed by atoms with Gasteiger partial charge in [0, 0.05) is 4.90 Å². The molecule has 0 bridgehead atoms. The van der Waals surface area contributed by atoms with Gasteiger partial charge in [-0.15, -0.1) is 0 Å². The minimum atomic E-state index is -0.416. The van der Waals surface area contributed by atoms with Crippen LogP contribution in [-0.4, -0.2) is 4.17 Å². The molecule has 14 heavy (non-hydrogen) atoms. The molecule has 2 aromatic rings. The Balaban J connectivity index is 2.53. The van der Waals surface area contributed by atoms with Crippen LogP contribution in [0, 0.1) is 0 Å². The Bertz CT molecular complexity index is 435. The van der Waals surface area contributed by atoms with E-state index in [1.165, 1.54) is 22.5 Å². The van der Waals surface area contributed by atoms with Crippen molar-refractivity contribution in [1.82, 2.24) is 0 Å². The molecule has 0 fully saturated rings. The van der Waals surface area contributed by atoms with Crippen molar-refractivity contribution in [2.24, 2.45) is 0 Å². The molecule has 0 aromatic heterocycles. The summed E-state index contributed by atoms with van der Waals surface area (Å²) >= 11 is 12.9. The summed E-state index contributed by atoms with van der Waals surface area (Å²) in [6, 6.07) is 14.3. The van der Waals surface area contributed by atoms with Gasteiger partial charge in [-0.1, -0.05) is 71.4 Å². The molecule has 0 atom stereocenters. The summed E-state index contributed by atoms with van der Waals surface area (Å²) in [5.74, 6) is 0. The first-order valence-corrected chi connectivity index (χ1v) is 5.95. The van der Waals surface area contributed by atoms with Crippen molar-refractivity contribution in [1.29, 1.82) is 0 Å². The Kier molecular flexibility index (Phi) is 3.22. The number of fused-ring (bicyclic) bond motifs is 1. The third-order valence-corrected chi connectivity index (χ3v) is 3.29. The molecule has 0 N–H and O–H groups in total. The molecule has 0 saturated heterocycles. The van der Waals surface area contributed by atoms with Gasteiger partial charge in [0.25, 0.3) is 0 Å². The average molecular weight is 243 g/mol. The van der Waals surface area contributed by atoms with Crippen molar-refractivity contribution >= 4 is 45.7 Å². The van der Waals surface area contributed by atoms with E-state index < -0.39 is 4.17 Å². The third kappa shape index (κ3) is 2.17. The summed E-state index contributed by atoms with van der Waals surface area (Å²) in [6.45, 7) is 0. The second-order valence-electron chi connectivity index (χ2n) is 2.86. The van der Waals surface area contributed by atoms with Crippen molar-refractivity contribution < 1.29 is 0 Å². The first-order chi connectivity index (χ1) is 6.77. The smallest absolute Gasteiger partial charge is 0.0928 e. The normalized spacial score (nSPS) is 11.1. The van der Waals surface area contributed by atoms with E-state index in [1.807, 2.05) is 24.3 Å². The first kappa shape index (κ1) is 10.2. The van der Waals surface area contributed by atoms with Crippen molar-refractivity contribution in [2.45, 2.75) is 9.06 Å². The molecule has 0 radical (unpaired) electrons. The van der Waals surface area contributed by atoms with Crippen LogP contribution in [0.1, 0.15) is 0 Å².